The molecule has 0 aliphatic heterocycles. The van der Waals surface area contributed by atoms with E-state index in [0.717, 1.165) is 5.56 Å². The predicted octanol–water partition coefficient (Wildman–Crippen LogP) is 2.52. The molecule has 0 saturated heterocycles. The lowest BCUT2D eigenvalue weighted by Crippen LogP contribution is -2.46. The van der Waals surface area contributed by atoms with Crippen molar-refractivity contribution in [3.63, 3.8) is 0 Å². The van der Waals surface area contributed by atoms with E-state index in [1.54, 1.807) is 0 Å². The highest BCUT2D eigenvalue weighted by Gasteiger charge is 2.25. The van der Waals surface area contributed by atoms with Gasteiger partial charge in [-0.05, 0) is 26.3 Å². The summed E-state index contributed by atoms with van der Waals surface area (Å²) < 4.78 is 5.37. The number of amides is 1. The zero-order valence-electron chi connectivity index (χ0n) is 12.2. The van der Waals surface area contributed by atoms with E-state index in [0.29, 0.717) is 0 Å². The van der Waals surface area contributed by atoms with Gasteiger partial charge in [0.25, 0.3) is 0 Å². The van der Waals surface area contributed by atoms with E-state index in [9.17, 15) is 9.90 Å². The standard InChI is InChI=1S/C15H23NO4/c1-15(2,3)16(14(18)19)9-10-20-11-13(17)12-7-5-4-6-8-12/h4-8,13,17H,9-11H2,1-3H3,(H,18,19). The van der Waals surface area contributed by atoms with Gasteiger partial charge in [0.2, 0.25) is 0 Å². The highest BCUT2D eigenvalue weighted by molar-refractivity contribution is 5.65. The summed E-state index contributed by atoms with van der Waals surface area (Å²) in [6.07, 6.45) is -1.66. The van der Waals surface area contributed by atoms with Crippen molar-refractivity contribution < 1.29 is 19.7 Å². The largest absolute Gasteiger partial charge is 0.465 e. The Labute approximate surface area is 119 Å². The lowest BCUT2D eigenvalue weighted by atomic mass is 10.1. The van der Waals surface area contributed by atoms with Gasteiger partial charge in [-0.2, -0.15) is 0 Å². The molecule has 0 heterocycles. The molecule has 0 spiro atoms. The highest BCUT2D eigenvalue weighted by atomic mass is 16.5. The number of aliphatic hydroxyl groups is 1. The lowest BCUT2D eigenvalue weighted by molar-refractivity contribution is 0.0167. The van der Waals surface area contributed by atoms with Crippen LogP contribution in [0.1, 0.15) is 32.4 Å². The van der Waals surface area contributed by atoms with E-state index in [1.807, 2.05) is 51.1 Å². The van der Waals surface area contributed by atoms with Gasteiger partial charge in [-0.1, -0.05) is 30.3 Å². The van der Waals surface area contributed by atoms with Crippen LogP contribution in [0.5, 0.6) is 0 Å². The van der Waals surface area contributed by atoms with Crippen molar-refractivity contribution in [3.8, 4) is 0 Å². The van der Waals surface area contributed by atoms with E-state index in [1.165, 1.54) is 4.90 Å². The number of carbonyl (C=O) groups is 1. The van der Waals surface area contributed by atoms with Crippen LogP contribution in [0, 0.1) is 0 Å². The van der Waals surface area contributed by atoms with Crippen molar-refractivity contribution in [2.24, 2.45) is 0 Å². The number of benzene rings is 1. The molecule has 0 aromatic heterocycles. The SMILES string of the molecule is CC(C)(C)N(CCOCC(O)c1ccccc1)C(=O)O. The fourth-order valence-corrected chi connectivity index (χ4v) is 1.84. The third-order valence-electron chi connectivity index (χ3n) is 2.96. The number of hydrogen-bond donors (Lipinski definition) is 2. The molecule has 0 aliphatic carbocycles. The minimum absolute atomic E-state index is 0.154. The van der Waals surface area contributed by atoms with Crippen molar-refractivity contribution in [2.45, 2.75) is 32.4 Å². The Balaban J connectivity index is 2.36. The summed E-state index contributed by atoms with van der Waals surface area (Å²) in [6.45, 7) is 6.19. The average Bonchev–Trinajstić information content (AvgIpc) is 2.37. The maximum absolute atomic E-state index is 11.1. The monoisotopic (exact) mass is 281 g/mol. The molecular formula is C15H23NO4. The van der Waals surface area contributed by atoms with Gasteiger partial charge in [-0.15, -0.1) is 0 Å². The Hall–Kier alpha value is -1.59. The molecule has 0 aliphatic rings. The summed E-state index contributed by atoms with van der Waals surface area (Å²) in [7, 11) is 0. The Bertz CT molecular complexity index is 414. The first-order valence-electron chi connectivity index (χ1n) is 6.63. The van der Waals surface area contributed by atoms with Crippen LogP contribution in [0.25, 0.3) is 0 Å². The number of nitrogens with zero attached hydrogens (tertiary/aromatic N) is 1. The molecule has 1 amide bonds. The van der Waals surface area contributed by atoms with E-state index >= 15 is 0 Å². The molecule has 0 bridgehead atoms. The summed E-state index contributed by atoms with van der Waals surface area (Å²) >= 11 is 0. The van der Waals surface area contributed by atoms with Gasteiger partial charge in [-0.3, -0.25) is 0 Å². The first-order valence-corrected chi connectivity index (χ1v) is 6.63. The number of rotatable bonds is 6. The molecule has 1 aromatic carbocycles. The fourth-order valence-electron chi connectivity index (χ4n) is 1.84. The van der Waals surface area contributed by atoms with Crippen molar-refractivity contribution in [1.29, 1.82) is 0 Å². The van der Waals surface area contributed by atoms with Gasteiger partial charge in [0.15, 0.2) is 0 Å². The molecule has 2 N–H and O–H groups in total. The van der Waals surface area contributed by atoms with Crippen LogP contribution < -0.4 is 0 Å². The van der Waals surface area contributed by atoms with Crippen LogP contribution in [0.2, 0.25) is 0 Å². The summed E-state index contributed by atoms with van der Waals surface area (Å²) in [6, 6.07) is 9.24. The second-order valence-electron chi connectivity index (χ2n) is 5.61. The molecular weight excluding hydrogens is 258 g/mol. The molecule has 5 heteroatoms. The van der Waals surface area contributed by atoms with Crippen molar-refractivity contribution >= 4 is 6.09 Å². The minimum Gasteiger partial charge on any atom is -0.465 e. The van der Waals surface area contributed by atoms with Crippen molar-refractivity contribution in [3.05, 3.63) is 35.9 Å². The van der Waals surface area contributed by atoms with Crippen LogP contribution >= 0.6 is 0 Å². The Morgan fingerprint density at radius 3 is 2.40 bits per heavy atom. The average molecular weight is 281 g/mol. The zero-order chi connectivity index (χ0) is 15.2. The van der Waals surface area contributed by atoms with E-state index in [2.05, 4.69) is 0 Å². The van der Waals surface area contributed by atoms with Gasteiger partial charge < -0.3 is 19.8 Å². The topological polar surface area (TPSA) is 70.0 Å². The second-order valence-corrected chi connectivity index (χ2v) is 5.61. The maximum Gasteiger partial charge on any atom is 0.407 e. The maximum atomic E-state index is 11.1. The number of ether oxygens (including phenoxy) is 1. The summed E-state index contributed by atoms with van der Waals surface area (Å²) in [4.78, 5) is 12.4. The number of hydrogen-bond acceptors (Lipinski definition) is 3. The fraction of sp³-hybridized carbons (Fsp3) is 0.533. The smallest absolute Gasteiger partial charge is 0.407 e. The van der Waals surface area contributed by atoms with Crippen LogP contribution in [-0.2, 0) is 4.74 Å². The van der Waals surface area contributed by atoms with Gasteiger partial charge in [0.05, 0.1) is 13.2 Å². The molecule has 1 atom stereocenters. The Morgan fingerprint density at radius 1 is 1.30 bits per heavy atom. The quantitative estimate of drug-likeness (QED) is 0.786. The molecule has 0 radical (unpaired) electrons. The number of aliphatic hydroxyl groups excluding tert-OH is 1. The van der Waals surface area contributed by atoms with Gasteiger partial charge in [-0.25, -0.2) is 4.79 Å². The first kappa shape index (κ1) is 16.5. The molecule has 1 unspecified atom stereocenters. The van der Waals surface area contributed by atoms with Crippen molar-refractivity contribution in [1.82, 2.24) is 4.90 Å². The minimum atomic E-state index is -0.968. The molecule has 5 nitrogen and oxygen atoms in total. The third-order valence-corrected chi connectivity index (χ3v) is 2.96. The summed E-state index contributed by atoms with van der Waals surface area (Å²) in [5, 5.41) is 19.0. The zero-order valence-corrected chi connectivity index (χ0v) is 12.2. The van der Waals surface area contributed by atoms with Crippen LogP contribution in [-0.4, -0.2) is 46.5 Å². The van der Waals surface area contributed by atoms with Crippen LogP contribution in [0.3, 0.4) is 0 Å². The summed E-state index contributed by atoms with van der Waals surface area (Å²) in [5.41, 5.74) is 0.325. The van der Waals surface area contributed by atoms with E-state index in [-0.39, 0.29) is 19.8 Å². The van der Waals surface area contributed by atoms with E-state index < -0.39 is 17.7 Å². The molecule has 1 aromatic rings. The van der Waals surface area contributed by atoms with Crippen LogP contribution in [0.15, 0.2) is 30.3 Å². The van der Waals surface area contributed by atoms with E-state index in [4.69, 9.17) is 9.84 Å². The van der Waals surface area contributed by atoms with Gasteiger partial charge in [0, 0.05) is 12.1 Å². The highest BCUT2D eigenvalue weighted by Crippen LogP contribution is 2.14. The molecule has 112 valence electrons. The molecule has 0 saturated carbocycles. The molecule has 1 rings (SSSR count). The van der Waals surface area contributed by atoms with Crippen molar-refractivity contribution in [2.75, 3.05) is 19.8 Å². The van der Waals surface area contributed by atoms with Crippen LogP contribution in [0.4, 0.5) is 4.79 Å². The summed E-state index contributed by atoms with van der Waals surface area (Å²) in [5.74, 6) is 0. The molecule has 0 fully saturated rings. The first-order chi connectivity index (χ1) is 9.32. The predicted molar refractivity (Wildman–Crippen MR) is 76.7 cm³/mol. The van der Waals surface area contributed by atoms with Gasteiger partial charge >= 0.3 is 6.09 Å². The Morgan fingerprint density at radius 2 is 1.90 bits per heavy atom. The second kappa shape index (κ2) is 7.26. The third kappa shape index (κ3) is 5.19. The normalized spacial score (nSPS) is 13.0. The van der Waals surface area contributed by atoms with Gasteiger partial charge in [0.1, 0.15) is 6.10 Å². The lowest BCUT2D eigenvalue weighted by Gasteiger charge is -2.33. The Kier molecular flexibility index (Phi) is 5.98. The number of carboxylic acid groups (broad SMARTS) is 1. The molecule has 20 heavy (non-hydrogen) atoms.